The number of aromatic nitrogens is 2. The van der Waals surface area contributed by atoms with Crippen LogP contribution in [0.1, 0.15) is 30.4 Å². The maximum absolute atomic E-state index is 12.4. The fourth-order valence-corrected chi connectivity index (χ4v) is 3.94. The number of carbonyl (C=O) groups excluding carboxylic acids is 1. The molecule has 1 aliphatic carbocycles. The largest absolute Gasteiger partial charge is 0.352 e. The summed E-state index contributed by atoms with van der Waals surface area (Å²) in [5, 5.41) is 6.52. The summed E-state index contributed by atoms with van der Waals surface area (Å²) in [4.78, 5) is 16.5. The van der Waals surface area contributed by atoms with Crippen molar-refractivity contribution in [2.75, 3.05) is 13.1 Å². The van der Waals surface area contributed by atoms with E-state index in [2.05, 4.69) is 39.9 Å². The van der Waals surface area contributed by atoms with E-state index >= 15 is 0 Å². The second-order valence-electron chi connectivity index (χ2n) is 7.14. The van der Waals surface area contributed by atoms with Crippen molar-refractivity contribution in [1.29, 1.82) is 0 Å². The zero-order valence-electron chi connectivity index (χ0n) is 13.9. The van der Waals surface area contributed by atoms with E-state index in [1.807, 2.05) is 17.1 Å². The van der Waals surface area contributed by atoms with Gasteiger partial charge in [-0.25, -0.2) is 4.98 Å². The number of amides is 1. The first-order valence-corrected chi connectivity index (χ1v) is 8.77. The summed E-state index contributed by atoms with van der Waals surface area (Å²) < 4.78 is 2.04. The lowest BCUT2D eigenvalue weighted by molar-refractivity contribution is -0.123. The SMILES string of the molecule is O=C(NCc1cccc(Cn2ccnc2)c1)C1CC12CCNCC2. The highest BCUT2D eigenvalue weighted by Crippen LogP contribution is 2.58. The molecule has 1 aromatic carbocycles. The maximum Gasteiger partial charge on any atom is 0.223 e. The highest BCUT2D eigenvalue weighted by Gasteiger charge is 2.57. The van der Waals surface area contributed by atoms with Crippen LogP contribution in [0.2, 0.25) is 0 Å². The van der Waals surface area contributed by atoms with Gasteiger partial charge in [0.05, 0.1) is 6.33 Å². The molecule has 1 aliphatic heterocycles. The lowest BCUT2D eigenvalue weighted by atomic mass is 9.92. The topological polar surface area (TPSA) is 59.0 Å². The Balaban J connectivity index is 1.32. The molecule has 1 aromatic heterocycles. The molecule has 1 saturated carbocycles. The highest BCUT2D eigenvalue weighted by atomic mass is 16.2. The molecule has 1 unspecified atom stereocenters. The van der Waals surface area contributed by atoms with Crippen LogP contribution in [0.15, 0.2) is 43.0 Å². The fraction of sp³-hybridized carbons (Fsp3) is 0.474. The predicted octanol–water partition coefficient (Wildman–Crippen LogP) is 1.94. The van der Waals surface area contributed by atoms with Gasteiger partial charge in [-0.05, 0) is 48.9 Å². The third kappa shape index (κ3) is 3.22. The van der Waals surface area contributed by atoms with Crippen LogP contribution in [-0.4, -0.2) is 28.5 Å². The zero-order valence-corrected chi connectivity index (χ0v) is 13.9. The van der Waals surface area contributed by atoms with Crippen LogP contribution in [0.25, 0.3) is 0 Å². The number of benzene rings is 1. The van der Waals surface area contributed by atoms with Gasteiger partial charge in [0.25, 0.3) is 0 Å². The molecule has 24 heavy (non-hydrogen) atoms. The van der Waals surface area contributed by atoms with E-state index in [1.54, 1.807) is 6.20 Å². The smallest absolute Gasteiger partial charge is 0.223 e. The van der Waals surface area contributed by atoms with Gasteiger partial charge in [0.15, 0.2) is 0 Å². The molecule has 5 nitrogen and oxygen atoms in total. The number of nitrogens with zero attached hydrogens (tertiary/aromatic N) is 2. The normalized spacial score (nSPS) is 21.6. The third-order valence-corrected chi connectivity index (χ3v) is 5.49. The summed E-state index contributed by atoms with van der Waals surface area (Å²) >= 11 is 0. The molecule has 5 heteroatoms. The maximum atomic E-state index is 12.4. The molecule has 2 aromatic rings. The molecule has 2 fully saturated rings. The number of hydrogen-bond donors (Lipinski definition) is 2. The molecular formula is C19H24N4O. The summed E-state index contributed by atoms with van der Waals surface area (Å²) in [6.45, 7) is 3.53. The summed E-state index contributed by atoms with van der Waals surface area (Å²) in [5.74, 6) is 0.464. The van der Waals surface area contributed by atoms with Crippen molar-refractivity contribution in [3.05, 3.63) is 54.1 Å². The molecular weight excluding hydrogens is 300 g/mol. The molecule has 4 rings (SSSR count). The Morgan fingerprint density at radius 1 is 1.33 bits per heavy atom. The van der Waals surface area contributed by atoms with Gasteiger partial charge in [-0.15, -0.1) is 0 Å². The van der Waals surface area contributed by atoms with E-state index in [0.717, 1.165) is 44.5 Å². The first-order chi connectivity index (χ1) is 11.8. The van der Waals surface area contributed by atoms with Gasteiger partial charge in [0.1, 0.15) is 0 Å². The highest BCUT2D eigenvalue weighted by molar-refractivity contribution is 5.82. The molecule has 2 N–H and O–H groups in total. The Morgan fingerprint density at radius 3 is 2.96 bits per heavy atom. The van der Waals surface area contributed by atoms with Gasteiger partial charge < -0.3 is 15.2 Å². The van der Waals surface area contributed by atoms with Gasteiger partial charge in [0.2, 0.25) is 5.91 Å². The lowest BCUT2D eigenvalue weighted by Gasteiger charge is -2.23. The zero-order chi connectivity index (χ0) is 16.4. The average Bonchev–Trinajstić information content (AvgIpc) is 3.04. The molecule has 2 aliphatic rings. The van der Waals surface area contributed by atoms with Crippen molar-refractivity contribution in [3.63, 3.8) is 0 Å². The van der Waals surface area contributed by atoms with Crippen molar-refractivity contribution in [3.8, 4) is 0 Å². The van der Waals surface area contributed by atoms with E-state index in [-0.39, 0.29) is 11.8 Å². The van der Waals surface area contributed by atoms with Crippen LogP contribution in [0.3, 0.4) is 0 Å². The molecule has 126 valence electrons. The first-order valence-electron chi connectivity index (χ1n) is 8.77. The fourth-order valence-electron chi connectivity index (χ4n) is 3.94. The van der Waals surface area contributed by atoms with Crippen molar-refractivity contribution in [2.45, 2.75) is 32.4 Å². The predicted molar refractivity (Wildman–Crippen MR) is 92.3 cm³/mol. The average molecular weight is 324 g/mol. The monoisotopic (exact) mass is 324 g/mol. The molecule has 1 spiro atoms. The Labute approximate surface area is 142 Å². The molecule has 1 amide bonds. The third-order valence-electron chi connectivity index (χ3n) is 5.49. The van der Waals surface area contributed by atoms with Gasteiger partial charge in [-0.3, -0.25) is 4.79 Å². The Morgan fingerprint density at radius 2 is 2.17 bits per heavy atom. The van der Waals surface area contributed by atoms with E-state index in [9.17, 15) is 4.79 Å². The second kappa shape index (κ2) is 6.40. The number of piperidine rings is 1. The van der Waals surface area contributed by atoms with Gasteiger partial charge in [-0.2, -0.15) is 0 Å². The van der Waals surface area contributed by atoms with E-state index in [1.165, 1.54) is 5.56 Å². The molecule has 1 atom stereocenters. The van der Waals surface area contributed by atoms with Crippen LogP contribution in [0.5, 0.6) is 0 Å². The number of nitrogens with one attached hydrogen (secondary N) is 2. The van der Waals surface area contributed by atoms with Crippen molar-refractivity contribution in [2.24, 2.45) is 11.3 Å². The van der Waals surface area contributed by atoms with E-state index in [4.69, 9.17) is 0 Å². The number of imidazole rings is 1. The lowest BCUT2D eigenvalue weighted by Crippen LogP contribution is -2.33. The second-order valence-corrected chi connectivity index (χ2v) is 7.14. The Kier molecular flexibility index (Phi) is 4.10. The minimum Gasteiger partial charge on any atom is -0.352 e. The minimum atomic E-state index is 0.230. The quantitative estimate of drug-likeness (QED) is 0.884. The van der Waals surface area contributed by atoms with Gasteiger partial charge in [0, 0.05) is 31.4 Å². The summed E-state index contributed by atoms with van der Waals surface area (Å²) in [5.41, 5.74) is 2.68. The standard InChI is InChI=1S/C19H24N4O/c24-18(17-11-19(17)4-6-20-7-5-19)22-12-15-2-1-3-16(10-15)13-23-9-8-21-14-23/h1-3,8-10,14,17,20H,4-7,11-13H2,(H,22,24). The first kappa shape index (κ1) is 15.4. The van der Waals surface area contributed by atoms with Crippen molar-refractivity contribution in [1.82, 2.24) is 20.2 Å². The van der Waals surface area contributed by atoms with Crippen LogP contribution in [-0.2, 0) is 17.9 Å². The summed E-state index contributed by atoms with van der Waals surface area (Å²) in [6.07, 6.45) is 8.93. The Hall–Kier alpha value is -2.14. The van der Waals surface area contributed by atoms with Crippen molar-refractivity contribution >= 4 is 5.91 Å². The summed E-state index contributed by atoms with van der Waals surface area (Å²) in [6, 6.07) is 8.40. The van der Waals surface area contributed by atoms with E-state index < -0.39 is 0 Å². The number of rotatable bonds is 5. The minimum absolute atomic E-state index is 0.230. The van der Waals surface area contributed by atoms with Gasteiger partial charge >= 0.3 is 0 Å². The van der Waals surface area contributed by atoms with Gasteiger partial charge in [-0.1, -0.05) is 24.3 Å². The molecule has 1 saturated heterocycles. The summed E-state index contributed by atoms with van der Waals surface area (Å²) in [7, 11) is 0. The van der Waals surface area contributed by atoms with Crippen LogP contribution in [0, 0.1) is 11.3 Å². The van der Waals surface area contributed by atoms with Crippen LogP contribution < -0.4 is 10.6 Å². The van der Waals surface area contributed by atoms with Crippen LogP contribution >= 0.6 is 0 Å². The molecule has 0 radical (unpaired) electrons. The van der Waals surface area contributed by atoms with Crippen LogP contribution in [0.4, 0.5) is 0 Å². The Bertz CT molecular complexity index is 704. The number of carbonyl (C=O) groups is 1. The molecule has 0 bridgehead atoms. The molecule has 2 heterocycles. The van der Waals surface area contributed by atoms with Crippen molar-refractivity contribution < 1.29 is 4.79 Å². The number of hydrogen-bond acceptors (Lipinski definition) is 3. The van der Waals surface area contributed by atoms with E-state index in [0.29, 0.717) is 12.0 Å².